The average Bonchev–Trinajstić information content (AvgIpc) is 2.47. The van der Waals surface area contributed by atoms with Crippen LogP contribution in [0.25, 0.3) is 0 Å². The quantitative estimate of drug-likeness (QED) is 0.446. The molecule has 1 atom stereocenters. The van der Waals surface area contributed by atoms with Gasteiger partial charge in [-0.25, -0.2) is 9.59 Å². The van der Waals surface area contributed by atoms with Crippen molar-refractivity contribution >= 4 is 20.3 Å². The fourth-order valence-electron chi connectivity index (χ4n) is 2.49. The molecule has 24 heavy (non-hydrogen) atoms. The minimum absolute atomic E-state index is 0.0112. The summed E-state index contributed by atoms with van der Waals surface area (Å²) in [5.74, 6) is -1.12. The smallest absolute Gasteiger partial charge is 0.338 e. The zero-order chi connectivity index (χ0) is 18.6. The SMILES string of the molecule is CCOC(=O)C1(C(=O)OCC)CC[C@H](O[Si](C)(C)C(C)(C)C)CN1. The molecule has 0 aromatic carbocycles. The molecule has 0 bridgehead atoms. The fourth-order valence-corrected chi connectivity index (χ4v) is 3.88. The molecule has 0 radical (unpaired) electrons. The minimum atomic E-state index is -1.90. The molecule has 1 aliphatic heterocycles. The normalized spacial score (nSPS) is 21.2. The molecule has 0 amide bonds. The van der Waals surface area contributed by atoms with Gasteiger partial charge in [-0.2, -0.15) is 0 Å². The van der Waals surface area contributed by atoms with Crippen molar-refractivity contribution in [2.24, 2.45) is 0 Å². The number of rotatable bonds is 6. The van der Waals surface area contributed by atoms with E-state index in [1.54, 1.807) is 13.8 Å². The van der Waals surface area contributed by atoms with E-state index in [9.17, 15) is 9.59 Å². The van der Waals surface area contributed by atoms with Crippen LogP contribution in [0.2, 0.25) is 18.1 Å². The Bertz CT molecular complexity index is 430. The van der Waals surface area contributed by atoms with E-state index in [4.69, 9.17) is 13.9 Å². The van der Waals surface area contributed by atoms with E-state index in [1.165, 1.54) is 0 Å². The Morgan fingerprint density at radius 3 is 1.96 bits per heavy atom. The first kappa shape index (κ1) is 21.1. The topological polar surface area (TPSA) is 73.9 Å². The predicted octanol–water partition coefficient (Wildman–Crippen LogP) is 2.63. The van der Waals surface area contributed by atoms with Gasteiger partial charge in [0.1, 0.15) is 0 Å². The summed E-state index contributed by atoms with van der Waals surface area (Å²) in [6.07, 6.45) is 0.934. The predicted molar refractivity (Wildman–Crippen MR) is 95.3 cm³/mol. The molecular weight excluding hydrogens is 326 g/mol. The van der Waals surface area contributed by atoms with Gasteiger partial charge in [0.25, 0.3) is 0 Å². The lowest BCUT2D eigenvalue weighted by molar-refractivity contribution is -0.168. The first-order valence-corrected chi connectivity index (χ1v) is 11.7. The average molecular weight is 360 g/mol. The highest BCUT2D eigenvalue weighted by Crippen LogP contribution is 2.38. The zero-order valence-electron chi connectivity index (χ0n) is 16.2. The number of esters is 2. The maximum absolute atomic E-state index is 12.4. The summed E-state index contributed by atoms with van der Waals surface area (Å²) in [4.78, 5) is 24.7. The van der Waals surface area contributed by atoms with Crippen molar-refractivity contribution in [2.45, 2.75) is 77.2 Å². The molecule has 1 N–H and O–H groups in total. The number of ether oxygens (including phenoxy) is 2. The van der Waals surface area contributed by atoms with Crippen molar-refractivity contribution in [1.29, 1.82) is 0 Å². The van der Waals surface area contributed by atoms with Crippen LogP contribution in [0.15, 0.2) is 0 Å². The molecule has 0 aromatic rings. The molecule has 1 saturated heterocycles. The molecule has 1 heterocycles. The molecule has 0 unspecified atom stereocenters. The lowest BCUT2D eigenvalue weighted by Gasteiger charge is -2.43. The summed E-state index contributed by atoms with van der Waals surface area (Å²) in [5.41, 5.74) is -1.40. The van der Waals surface area contributed by atoms with Crippen molar-refractivity contribution < 1.29 is 23.5 Å². The lowest BCUT2D eigenvalue weighted by Crippen LogP contribution is -2.65. The van der Waals surface area contributed by atoms with E-state index in [1.807, 2.05) is 0 Å². The zero-order valence-corrected chi connectivity index (χ0v) is 17.2. The Morgan fingerprint density at radius 1 is 1.12 bits per heavy atom. The molecule has 0 saturated carbocycles. The Kier molecular flexibility index (Phi) is 7.01. The van der Waals surface area contributed by atoms with Gasteiger partial charge in [-0.15, -0.1) is 0 Å². The molecule has 0 aromatic heterocycles. The van der Waals surface area contributed by atoms with E-state index in [0.717, 1.165) is 0 Å². The molecule has 6 nitrogen and oxygen atoms in total. The molecule has 1 fully saturated rings. The van der Waals surface area contributed by atoms with Gasteiger partial charge in [-0.1, -0.05) is 20.8 Å². The van der Waals surface area contributed by atoms with E-state index < -0.39 is 25.8 Å². The van der Waals surface area contributed by atoms with Crippen LogP contribution < -0.4 is 5.32 Å². The van der Waals surface area contributed by atoms with Crippen LogP contribution in [-0.4, -0.2) is 51.7 Å². The number of nitrogens with one attached hydrogen (secondary N) is 1. The number of piperidine rings is 1. The summed E-state index contributed by atoms with van der Waals surface area (Å²) < 4.78 is 16.6. The van der Waals surface area contributed by atoms with Crippen LogP contribution in [0.3, 0.4) is 0 Å². The molecule has 7 heteroatoms. The number of carbonyl (C=O) groups is 2. The van der Waals surface area contributed by atoms with Gasteiger partial charge in [0.05, 0.1) is 19.3 Å². The molecule has 140 valence electrons. The number of hydrogen-bond donors (Lipinski definition) is 1. The second-order valence-corrected chi connectivity index (χ2v) is 12.5. The summed E-state index contributed by atoms with van der Waals surface area (Å²) in [6.45, 7) is 15.3. The van der Waals surface area contributed by atoms with Crippen LogP contribution >= 0.6 is 0 Å². The van der Waals surface area contributed by atoms with E-state index in [2.05, 4.69) is 39.2 Å². The molecule has 0 spiro atoms. The monoisotopic (exact) mass is 359 g/mol. The molecule has 0 aliphatic carbocycles. The Hall–Kier alpha value is -0.923. The van der Waals surface area contributed by atoms with Gasteiger partial charge in [0.15, 0.2) is 8.32 Å². The largest absolute Gasteiger partial charge is 0.464 e. The highest BCUT2D eigenvalue weighted by atomic mass is 28.4. The van der Waals surface area contributed by atoms with Gasteiger partial charge >= 0.3 is 11.9 Å². The third kappa shape index (κ3) is 4.58. The van der Waals surface area contributed by atoms with Gasteiger partial charge in [0, 0.05) is 6.54 Å². The molecule has 1 aliphatic rings. The van der Waals surface area contributed by atoms with Crippen molar-refractivity contribution in [2.75, 3.05) is 19.8 Å². The lowest BCUT2D eigenvalue weighted by atomic mass is 9.88. The van der Waals surface area contributed by atoms with E-state index in [0.29, 0.717) is 19.4 Å². The van der Waals surface area contributed by atoms with Crippen molar-refractivity contribution in [1.82, 2.24) is 5.32 Å². The fraction of sp³-hybridized carbons (Fsp3) is 0.882. The minimum Gasteiger partial charge on any atom is -0.464 e. The van der Waals surface area contributed by atoms with Crippen LogP contribution in [0.1, 0.15) is 47.5 Å². The van der Waals surface area contributed by atoms with Crippen LogP contribution in [0.4, 0.5) is 0 Å². The summed E-state index contributed by atoms with van der Waals surface area (Å²) in [7, 11) is -1.90. The highest BCUT2D eigenvalue weighted by molar-refractivity contribution is 6.74. The van der Waals surface area contributed by atoms with Crippen LogP contribution in [0, 0.1) is 0 Å². The Labute approximate surface area is 146 Å². The standard InChI is InChI=1S/C17H33NO5Si/c1-8-21-14(19)17(15(20)22-9-2)11-10-13(12-18-17)23-24(6,7)16(3,4)5/h13,18H,8-12H2,1-7H3/t13-/m0/s1. The highest BCUT2D eigenvalue weighted by Gasteiger charge is 2.52. The summed E-state index contributed by atoms with van der Waals surface area (Å²) in [6, 6.07) is 0. The first-order valence-electron chi connectivity index (χ1n) is 8.77. The van der Waals surface area contributed by atoms with E-state index >= 15 is 0 Å². The van der Waals surface area contributed by atoms with Crippen LogP contribution in [0.5, 0.6) is 0 Å². The van der Waals surface area contributed by atoms with E-state index in [-0.39, 0.29) is 24.4 Å². The second-order valence-electron chi connectivity index (χ2n) is 7.77. The molecular formula is C17H33NO5Si. The Balaban J connectivity index is 2.83. The molecule has 1 rings (SSSR count). The Morgan fingerprint density at radius 2 is 1.62 bits per heavy atom. The van der Waals surface area contributed by atoms with Gasteiger partial charge in [0.2, 0.25) is 5.54 Å². The maximum atomic E-state index is 12.4. The second kappa shape index (κ2) is 7.97. The van der Waals surface area contributed by atoms with Crippen molar-refractivity contribution in [3.05, 3.63) is 0 Å². The first-order chi connectivity index (χ1) is 11.0. The number of carbonyl (C=O) groups excluding carboxylic acids is 2. The van der Waals surface area contributed by atoms with Crippen molar-refractivity contribution in [3.63, 3.8) is 0 Å². The third-order valence-corrected chi connectivity index (χ3v) is 9.52. The van der Waals surface area contributed by atoms with Gasteiger partial charge < -0.3 is 13.9 Å². The van der Waals surface area contributed by atoms with Gasteiger partial charge in [-0.05, 0) is 44.8 Å². The van der Waals surface area contributed by atoms with Crippen molar-refractivity contribution in [3.8, 4) is 0 Å². The maximum Gasteiger partial charge on any atom is 0.338 e. The summed E-state index contributed by atoms with van der Waals surface area (Å²) >= 11 is 0. The van der Waals surface area contributed by atoms with Gasteiger partial charge in [-0.3, -0.25) is 5.32 Å². The number of hydrogen-bond acceptors (Lipinski definition) is 6. The third-order valence-electron chi connectivity index (χ3n) is 4.99. The summed E-state index contributed by atoms with van der Waals surface area (Å²) in [5, 5.41) is 3.19. The van der Waals surface area contributed by atoms with Crippen LogP contribution in [-0.2, 0) is 23.5 Å².